The van der Waals surface area contributed by atoms with E-state index < -0.39 is 15.8 Å². The van der Waals surface area contributed by atoms with Crippen molar-refractivity contribution in [2.45, 2.75) is 38.1 Å². The molecule has 0 aliphatic carbocycles. The molecule has 20 heavy (non-hydrogen) atoms. The van der Waals surface area contributed by atoms with Crippen LogP contribution in [0, 0.1) is 18.2 Å². The lowest BCUT2D eigenvalue weighted by Gasteiger charge is -2.41. The molecule has 1 aliphatic heterocycles. The van der Waals surface area contributed by atoms with Crippen LogP contribution in [0.3, 0.4) is 0 Å². The third kappa shape index (κ3) is 2.73. The summed E-state index contributed by atoms with van der Waals surface area (Å²) in [7, 11) is -3.58. The van der Waals surface area contributed by atoms with E-state index >= 15 is 0 Å². The van der Waals surface area contributed by atoms with Crippen molar-refractivity contribution in [2.24, 2.45) is 11.1 Å². The summed E-state index contributed by atoms with van der Waals surface area (Å²) in [5.74, 6) is -0.398. The largest absolute Gasteiger partial charge is 0.327 e. The zero-order valence-corrected chi connectivity index (χ0v) is 12.9. The monoisotopic (exact) mass is 300 g/mol. The highest BCUT2D eigenvalue weighted by atomic mass is 32.2. The van der Waals surface area contributed by atoms with Crippen LogP contribution >= 0.6 is 0 Å². The number of hydrogen-bond acceptors (Lipinski definition) is 3. The molecule has 1 aromatic rings. The van der Waals surface area contributed by atoms with Crippen molar-refractivity contribution in [3.05, 3.63) is 29.6 Å². The quantitative estimate of drug-likeness (QED) is 0.907. The van der Waals surface area contributed by atoms with Gasteiger partial charge in [-0.25, -0.2) is 12.8 Å². The predicted octanol–water partition coefficient (Wildman–Crippen LogP) is 1.88. The number of aryl methyl sites for hydroxylation is 1. The summed E-state index contributed by atoms with van der Waals surface area (Å²) < 4.78 is 39.9. The van der Waals surface area contributed by atoms with Gasteiger partial charge in [0.1, 0.15) is 5.82 Å². The Morgan fingerprint density at radius 2 is 2.05 bits per heavy atom. The van der Waals surface area contributed by atoms with E-state index in [0.29, 0.717) is 25.1 Å². The van der Waals surface area contributed by atoms with Gasteiger partial charge < -0.3 is 5.73 Å². The lowest BCUT2D eigenvalue weighted by molar-refractivity contribution is 0.155. The zero-order chi connectivity index (χ0) is 15.1. The molecule has 0 saturated carbocycles. The van der Waals surface area contributed by atoms with E-state index in [-0.39, 0.29) is 16.4 Å². The second-order valence-electron chi connectivity index (χ2n) is 6.13. The Morgan fingerprint density at radius 3 is 2.60 bits per heavy atom. The van der Waals surface area contributed by atoms with Gasteiger partial charge in [-0.05, 0) is 42.5 Å². The van der Waals surface area contributed by atoms with Crippen molar-refractivity contribution in [1.82, 2.24) is 4.31 Å². The third-order valence-corrected chi connectivity index (χ3v) is 5.89. The van der Waals surface area contributed by atoms with Crippen LogP contribution in [0.1, 0.15) is 25.8 Å². The standard InChI is InChI=1S/C14H21FN2O2S/c1-10-8-11(4-5-12(10)15)20(18,19)17-7-6-13(16)14(2,3)9-17/h4-5,8,13H,6-7,9,16H2,1-3H3. The van der Waals surface area contributed by atoms with Crippen LogP contribution in [0.2, 0.25) is 0 Å². The topological polar surface area (TPSA) is 63.4 Å². The molecule has 0 aromatic heterocycles. The predicted molar refractivity (Wildman–Crippen MR) is 76.3 cm³/mol. The first-order chi connectivity index (χ1) is 9.14. The average molecular weight is 300 g/mol. The molecular weight excluding hydrogens is 279 g/mol. The van der Waals surface area contributed by atoms with E-state index in [1.165, 1.54) is 22.5 Å². The number of piperidine rings is 1. The molecule has 2 N–H and O–H groups in total. The first-order valence-electron chi connectivity index (χ1n) is 6.66. The smallest absolute Gasteiger partial charge is 0.243 e. The van der Waals surface area contributed by atoms with Gasteiger partial charge in [-0.1, -0.05) is 13.8 Å². The molecule has 112 valence electrons. The fraction of sp³-hybridized carbons (Fsp3) is 0.571. The van der Waals surface area contributed by atoms with Crippen LogP contribution in [0.5, 0.6) is 0 Å². The molecule has 0 amide bonds. The highest BCUT2D eigenvalue weighted by Crippen LogP contribution is 2.31. The minimum Gasteiger partial charge on any atom is -0.327 e. The summed E-state index contributed by atoms with van der Waals surface area (Å²) >= 11 is 0. The van der Waals surface area contributed by atoms with Crippen molar-refractivity contribution in [2.75, 3.05) is 13.1 Å². The molecule has 0 bridgehead atoms. The molecule has 1 aliphatic rings. The second kappa shape index (κ2) is 5.09. The van der Waals surface area contributed by atoms with Crippen molar-refractivity contribution >= 4 is 10.0 Å². The molecule has 1 atom stereocenters. The maximum Gasteiger partial charge on any atom is 0.243 e. The lowest BCUT2D eigenvalue weighted by Crippen LogP contribution is -2.53. The van der Waals surface area contributed by atoms with Crippen LogP contribution in [0.4, 0.5) is 4.39 Å². The number of nitrogens with two attached hydrogens (primary N) is 1. The van der Waals surface area contributed by atoms with E-state index in [4.69, 9.17) is 5.73 Å². The summed E-state index contributed by atoms with van der Waals surface area (Å²) in [6, 6.07) is 3.89. The highest BCUT2D eigenvalue weighted by molar-refractivity contribution is 7.89. The summed E-state index contributed by atoms with van der Waals surface area (Å²) in [5, 5.41) is 0. The van der Waals surface area contributed by atoms with Crippen molar-refractivity contribution < 1.29 is 12.8 Å². The highest BCUT2D eigenvalue weighted by Gasteiger charge is 2.38. The Bertz CT molecular complexity index is 614. The number of sulfonamides is 1. The molecule has 0 radical (unpaired) electrons. The molecule has 1 saturated heterocycles. The SMILES string of the molecule is Cc1cc(S(=O)(=O)N2CCC(N)C(C)(C)C2)ccc1F. The molecular formula is C14H21FN2O2S. The number of nitrogens with zero attached hydrogens (tertiary/aromatic N) is 1. The van der Waals surface area contributed by atoms with Crippen LogP contribution in [0.15, 0.2) is 23.1 Å². The molecule has 1 aromatic carbocycles. The van der Waals surface area contributed by atoms with E-state index in [2.05, 4.69) is 0 Å². The van der Waals surface area contributed by atoms with Gasteiger partial charge >= 0.3 is 0 Å². The second-order valence-corrected chi connectivity index (χ2v) is 8.07. The van der Waals surface area contributed by atoms with Crippen LogP contribution in [-0.2, 0) is 10.0 Å². The maximum atomic E-state index is 13.3. The van der Waals surface area contributed by atoms with Gasteiger partial charge in [0.15, 0.2) is 0 Å². The maximum absolute atomic E-state index is 13.3. The Morgan fingerprint density at radius 1 is 1.40 bits per heavy atom. The van der Waals surface area contributed by atoms with Gasteiger partial charge in [-0.3, -0.25) is 0 Å². The Hall–Kier alpha value is -0.980. The summed E-state index contributed by atoms with van der Waals surface area (Å²) in [4.78, 5) is 0.141. The fourth-order valence-electron chi connectivity index (χ4n) is 2.46. The minimum absolute atomic E-state index is 0.0103. The van der Waals surface area contributed by atoms with Crippen LogP contribution in [0.25, 0.3) is 0 Å². The lowest BCUT2D eigenvalue weighted by atomic mass is 9.81. The van der Waals surface area contributed by atoms with Crippen molar-refractivity contribution in [3.63, 3.8) is 0 Å². The molecule has 1 unspecified atom stereocenters. The zero-order valence-electron chi connectivity index (χ0n) is 12.1. The number of rotatable bonds is 2. The first kappa shape index (κ1) is 15.4. The van der Waals surface area contributed by atoms with Gasteiger partial charge in [0.2, 0.25) is 10.0 Å². The minimum atomic E-state index is -3.58. The fourth-order valence-corrected chi connectivity index (χ4v) is 4.17. The molecule has 4 nitrogen and oxygen atoms in total. The molecule has 1 heterocycles. The van der Waals surface area contributed by atoms with Gasteiger partial charge in [0.05, 0.1) is 4.90 Å². The average Bonchev–Trinajstić information content (AvgIpc) is 2.35. The van der Waals surface area contributed by atoms with E-state index in [1.807, 2.05) is 13.8 Å². The van der Waals surface area contributed by atoms with Gasteiger partial charge in [-0.15, -0.1) is 0 Å². The van der Waals surface area contributed by atoms with Gasteiger partial charge in [-0.2, -0.15) is 4.31 Å². The van der Waals surface area contributed by atoms with Gasteiger partial charge in [0.25, 0.3) is 0 Å². The summed E-state index contributed by atoms with van der Waals surface area (Å²) in [6.45, 7) is 6.28. The Balaban J connectivity index is 2.33. The first-order valence-corrected chi connectivity index (χ1v) is 8.10. The number of halogens is 1. The van der Waals surface area contributed by atoms with Crippen molar-refractivity contribution in [1.29, 1.82) is 0 Å². The van der Waals surface area contributed by atoms with E-state index in [9.17, 15) is 12.8 Å². The van der Waals surface area contributed by atoms with E-state index in [1.54, 1.807) is 6.92 Å². The molecule has 1 fully saturated rings. The Labute approximate surface area is 119 Å². The number of benzene rings is 1. The summed E-state index contributed by atoms with van der Waals surface area (Å²) in [6.07, 6.45) is 0.631. The Kier molecular flexibility index (Phi) is 3.92. The molecule has 0 spiro atoms. The van der Waals surface area contributed by atoms with Crippen LogP contribution in [-0.4, -0.2) is 31.9 Å². The molecule has 6 heteroatoms. The van der Waals surface area contributed by atoms with Crippen LogP contribution < -0.4 is 5.73 Å². The number of hydrogen-bond donors (Lipinski definition) is 1. The van der Waals surface area contributed by atoms with Crippen molar-refractivity contribution in [3.8, 4) is 0 Å². The molecule has 2 rings (SSSR count). The van der Waals surface area contributed by atoms with E-state index in [0.717, 1.165) is 0 Å². The van der Waals surface area contributed by atoms with Gasteiger partial charge in [0, 0.05) is 19.1 Å². The summed E-state index contributed by atoms with van der Waals surface area (Å²) in [5.41, 5.74) is 6.10. The normalized spacial score (nSPS) is 23.8. The third-order valence-electron chi connectivity index (χ3n) is 4.04.